The van der Waals surface area contributed by atoms with Crippen molar-refractivity contribution in [3.63, 3.8) is 0 Å². The Morgan fingerprint density at radius 1 is 0.426 bits per heavy atom. The normalized spacial score (nSPS) is 11.9. The number of pyridine rings is 2. The van der Waals surface area contributed by atoms with Crippen LogP contribution in [0.3, 0.4) is 0 Å². The van der Waals surface area contributed by atoms with Crippen molar-refractivity contribution >= 4 is 31.9 Å². The minimum atomic E-state index is 0.621. The van der Waals surface area contributed by atoms with Crippen LogP contribution in [-0.4, -0.2) is 23.2 Å². The highest BCUT2D eigenvalue weighted by Crippen LogP contribution is 2.45. The second-order valence-corrected chi connectivity index (χ2v) is 19.4. The average molecular weight is 943 g/mol. The number of ether oxygens (including phenoxy) is 2. The van der Waals surface area contributed by atoms with Gasteiger partial charge < -0.3 is 9.47 Å². The lowest BCUT2D eigenvalue weighted by molar-refractivity contribution is 0.308. The highest BCUT2D eigenvalue weighted by atomic mass is 79.9. The van der Waals surface area contributed by atoms with E-state index < -0.39 is 0 Å². The summed E-state index contributed by atoms with van der Waals surface area (Å²) in [6.45, 7) is 32.3. The molecular weight excluding hydrogens is 880 g/mol. The summed E-state index contributed by atoms with van der Waals surface area (Å²) in [7, 11) is 0. The Kier molecular flexibility index (Phi) is 13.1. The summed E-state index contributed by atoms with van der Waals surface area (Å²) in [5.41, 5.74) is 30.6. The van der Waals surface area contributed by atoms with Gasteiger partial charge in [-0.15, -0.1) is 0 Å². The van der Waals surface area contributed by atoms with Gasteiger partial charge in [0.15, 0.2) is 0 Å². The maximum absolute atomic E-state index is 6.50. The molecule has 61 heavy (non-hydrogen) atoms. The monoisotopic (exact) mass is 940 g/mol. The van der Waals surface area contributed by atoms with Gasteiger partial charge in [0.25, 0.3) is 0 Å². The average Bonchev–Trinajstić information content (AvgIpc) is 3.56. The smallest absolute Gasteiger partial charge is 0.134 e. The summed E-state index contributed by atoms with van der Waals surface area (Å²) in [5, 5.41) is 0. The van der Waals surface area contributed by atoms with Gasteiger partial charge >= 0.3 is 0 Å². The summed E-state index contributed by atoms with van der Waals surface area (Å²) in [5.74, 6) is 1.75. The van der Waals surface area contributed by atoms with Crippen molar-refractivity contribution in [2.75, 3.05) is 13.2 Å². The third-order valence-corrected chi connectivity index (χ3v) is 15.5. The molecule has 0 amide bonds. The van der Waals surface area contributed by atoms with Crippen molar-refractivity contribution < 1.29 is 9.47 Å². The molecule has 0 spiro atoms. The number of hydrogen-bond acceptors (Lipinski definition) is 4. The quantitative estimate of drug-likeness (QED) is 0.115. The van der Waals surface area contributed by atoms with Crippen LogP contribution in [0.2, 0.25) is 0 Å². The van der Waals surface area contributed by atoms with Crippen molar-refractivity contribution in [1.29, 1.82) is 0 Å². The lowest BCUT2D eigenvalue weighted by atomic mass is 9.89. The first-order chi connectivity index (χ1) is 28.9. The fraction of sp³-hybridized carbons (Fsp3) is 0.382. The Labute approximate surface area is 382 Å². The topological polar surface area (TPSA) is 44.2 Å². The van der Waals surface area contributed by atoms with Crippen LogP contribution in [0, 0.1) is 96.9 Å². The van der Waals surface area contributed by atoms with E-state index in [1.54, 1.807) is 0 Å². The van der Waals surface area contributed by atoms with E-state index in [9.17, 15) is 0 Å². The number of halogens is 2. The Morgan fingerprint density at radius 3 is 1.18 bits per heavy atom. The third-order valence-electron chi connectivity index (χ3n) is 14.3. The summed E-state index contributed by atoms with van der Waals surface area (Å²) < 4.78 is 15.0. The Hall–Kier alpha value is -4.26. The second kappa shape index (κ2) is 17.8. The lowest BCUT2D eigenvalue weighted by Crippen LogP contribution is -2.07. The molecular formula is C55H62Br2N2O2. The maximum atomic E-state index is 6.50. The van der Waals surface area contributed by atoms with Crippen LogP contribution >= 0.6 is 31.9 Å². The summed E-state index contributed by atoms with van der Waals surface area (Å²) >= 11 is 7.67. The van der Waals surface area contributed by atoms with E-state index in [1.165, 1.54) is 111 Å². The van der Waals surface area contributed by atoms with E-state index in [-0.39, 0.29) is 0 Å². The first-order valence-electron chi connectivity index (χ1n) is 21.9. The second-order valence-electron chi connectivity index (χ2n) is 17.7. The van der Waals surface area contributed by atoms with Gasteiger partial charge in [0.05, 0.1) is 33.5 Å². The van der Waals surface area contributed by atoms with Gasteiger partial charge in [0.1, 0.15) is 11.5 Å². The van der Waals surface area contributed by atoms with Crippen molar-refractivity contribution in [2.24, 2.45) is 0 Å². The molecule has 0 aliphatic heterocycles. The molecule has 6 heteroatoms. The molecule has 0 saturated heterocycles. The van der Waals surface area contributed by atoms with Crippen LogP contribution in [-0.2, 0) is 19.3 Å². The molecule has 4 nitrogen and oxygen atoms in total. The van der Waals surface area contributed by atoms with Gasteiger partial charge in [-0.05, 0) is 297 Å². The number of fused-ring (bicyclic) bond motifs is 3. The molecule has 2 heterocycles. The van der Waals surface area contributed by atoms with Gasteiger partial charge in [-0.1, -0.05) is 0 Å². The number of nitrogens with zero attached hydrogens (tertiary/aromatic N) is 2. The molecule has 318 valence electrons. The van der Waals surface area contributed by atoms with E-state index in [4.69, 9.17) is 19.4 Å². The summed E-state index contributed by atoms with van der Waals surface area (Å²) in [4.78, 5) is 10.4. The number of rotatable bonds is 12. The van der Waals surface area contributed by atoms with Gasteiger partial charge in [-0.3, -0.25) is 9.97 Å². The number of hydrogen-bond donors (Lipinski definition) is 0. The minimum absolute atomic E-state index is 0.621. The van der Waals surface area contributed by atoms with Gasteiger partial charge in [-0.25, -0.2) is 0 Å². The Balaban J connectivity index is 1.00. The standard InChI is InChI=1S/C55H62Br2N2O2/c1-28-21-46(34(7)32(5)30(28)3)54-38(11)36(9)44(40(13)58-54)17-15-19-60-52-26-48-42(24-50(52)56)23-43-25-51(57)53(27-49(43)48)61-20-16-18-45-37(10)39(12)55(59-41(45)14)47-22-29(2)31(4)33(6)35(47)8/h21-22,24-27H,15-20,23H2,1-14H3. The number of aryl methyl sites for hydroxylation is 4. The van der Waals surface area contributed by atoms with E-state index in [0.29, 0.717) is 13.2 Å². The molecule has 0 fully saturated rings. The van der Waals surface area contributed by atoms with Crippen LogP contribution < -0.4 is 9.47 Å². The maximum Gasteiger partial charge on any atom is 0.134 e. The van der Waals surface area contributed by atoms with Crippen LogP contribution in [0.1, 0.15) is 113 Å². The number of benzene rings is 4. The molecule has 0 saturated carbocycles. The van der Waals surface area contributed by atoms with Crippen LogP contribution in [0.15, 0.2) is 45.3 Å². The molecule has 0 unspecified atom stereocenters. The predicted octanol–water partition coefficient (Wildman–Crippen LogP) is 15.2. The molecule has 1 aliphatic rings. The zero-order valence-electron chi connectivity index (χ0n) is 38.9. The van der Waals surface area contributed by atoms with Gasteiger partial charge in [0, 0.05) is 22.5 Å². The van der Waals surface area contributed by atoms with Crippen molar-refractivity contribution in [3.8, 4) is 45.1 Å². The Morgan fingerprint density at radius 2 is 0.803 bits per heavy atom. The van der Waals surface area contributed by atoms with Gasteiger partial charge in [-0.2, -0.15) is 0 Å². The first-order valence-corrected chi connectivity index (χ1v) is 23.5. The fourth-order valence-corrected chi connectivity index (χ4v) is 10.4. The molecule has 2 aromatic heterocycles. The molecule has 0 radical (unpaired) electrons. The van der Waals surface area contributed by atoms with E-state index in [0.717, 1.165) is 75.3 Å². The van der Waals surface area contributed by atoms with Crippen molar-refractivity contribution in [2.45, 2.75) is 129 Å². The predicted molar refractivity (Wildman–Crippen MR) is 263 cm³/mol. The highest BCUT2D eigenvalue weighted by Gasteiger charge is 2.24. The van der Waals surface area contributed by atoms with E-state index in [1.807, 2.05) is 0 Å². The van der Waals surface area contributed by atoms with Gasteiger partial charge in [0.2, 0.25) is 0 Å². The molecule has 4 aromatic carbocycles. The minimum Gasteiger partial charge on any atom is -0.492 e. The van der Waals surface area contributed by atoms with E-state index in [2.05, 4.69) is 165 Å². The van der Waals surface area contributed by atoms with Crippen molar-refractivity contribution in [1.82, 2.24) is 9.97 Å². The highest BCUT2D eigenvalue weighted by molar-refractivity contribution is 9.11. The molecule has 6 aromatic rings. The molecule has 7 rings (SSSR count). The molecule has 0 atom stereocenters. The van der Waals surface area contributed by atoms with Crippen molar-refractivity contribution in [3.05, 3.63) is 146 Å². The molecule has 0 bridgehead atoms. The zero-order chi connectivity index (χ0) is 44.2. The number of aromatic nitrogens is 2. The van der Waals surface area contributed by atoms with Crippen LogP contribution in [0.4, 0.5) is 0 Å². The van der Waals surface area contributed by atoms with Crippen LogP contribution in [0.5, 0.6) is 11.5 Å². The lowest BCUT2D eigenvalue weighted by Gasteiger charge is -2.20. The summed E-state index contributed by atoms with van der Waals surface area (Å²) in [6.07, 6.45) is 4.53. The molecule has 1 aliphatic carbocycles. The zero-order valence-corrected chi connectivity index (χ0v) is 42.1. The third kappa shape index (κ3) is 8.48. The SMILES string of the molecule is Cc1cc(-c2nc(C)c(CCCOc3cc4c(cc3Br)Cc3cc(Br)c(OCCCc5c(C)nc(-c6cc(C)c(C)c(C)c6C)c(C)c5C)cc3-4)c(C)c2C)c(C)c(C)c1C. The Bertz CT molecular complexity index is 2560. The first kappa shape index (κ1) is 44.8. The fourth-order valence-electron chi connectivity index (χ4n) is 9.44. The van der Waals surface area contributed by atoms with E-state index >= 15 is 0 Å². The summed E-state index contributed by atoms with van der Waals surface area (Å²) in [6, 6.07) is 13.5. The van der Waals surface area contributed by atoms with Crippen LogP contribution in [0.25, 0.3) is 33.6 Å². The largest absolute Gasteiger partial charge is 0.492 e. The molecule has 0 N–H and O–H groups in total.